The van der Waals surface area contributed by atoms with Crippen molar-refractivity contribution in [2.45, 2.75) is 19.4 Å². The predicted octanol–water partition coefficient (Wildman–Crippen LogP) is 0.159. The number of rotatable bonds is 3. The Morgan fingerprint density at radius 1 is 1.77 bits per heavy atom. The Balaban J connectivity index is 2.59. The van der Waals surface area contributed by atoms with Gasteiger partial charge in [-0.2, -0.15) is 0 Å². The van der Waals surface area contributed by atoms with Crippen LogP contribution in [0.1, 0.15) is 13.3 Å². The van der Waals surface area contributed by atoms with Gasteiger partial charge in [-0.05, 0) is 13.3 Å². The van der Waals surface area contributed by atoms with Crippen LogP contribution in [0, 0.1) is 11.8 Å². The molecule has 0 amide bonds. The van der Waals surface area contributed by atoms with Crippen LogP contribution in [0.2, 0.25) is 0 Å². The van der Waals surface area contributed by atoms with Crippen LogP contribution in [0.25, 0.3) is 0 Å². The molecule has 0 bridgehead atoms. The third-order valence-electron chi connectivity index (χ3n) is 2.71. The molecule has 0 spiro atoms. The second kappa shape index (κ2) is 4.58. The molecule has 76 valence electrons. The van der Waals surface area contributed by atoms with Gasteiger partial charge in [0.15, 0.2) is 0 Å². The SMILES string of the molecule is COC(=O)C(CN)C1CCOC1C. The molecule has 0 aromatic carbocycles. The minimum Gasteiger partial charge on any atom is -0.469 e. The first kappa shape index (κ1) is 10.5. The van der Waals surface area contributed by atoms with Gasteiger partial charge in [0.2, 0.25) is 0 Å². The highest BCUT2D eigenvalue weighted by Crippen LogP contribution is 2.28. The van der Waals surface area contributed by atoms with Crippen LogP contribution in [-0.2, 0) is 14.3 Å². The summed E-state index contributed by atoms with van der Waals surface area (Å²) in [6, 6.07) is 0. The van der Waals surface area contributed by atoms with Gasteiger partial charge >= 0.3 is 5.97 Å². The third-order valence-corrected chi connectivity index (χ3v) is 2.71. The van der Waals surface area contributed by atoms with Crippen molar-refractivity contribution < 1.29 is 14.3 Å². The van der Waals surface area contributed by atoms with Crippen LogP contribution in [0.4, 0.5) is 0 Å². The lowest BCUT2D eigenvalue weighted by Crippen LogP contribution is -2.35. The van der Waals surface area contributed by atoms with E-state index in [9.17, 15) is 4.79 Å². The fourth-order valence-corrected chi connectivity index (χ4v) is 1.87. The van der Waals surface area contributed by atoms with Gasteiger partial charge in [0.25, 0.3) is 0 Å². The molecule has 0 aliphatic carbocycles. The lowest BCUT2D eigenvalue weighted by atomic mass is 9.87. The van der Waals surface area contributed by atoms with Crippen LogP contribution in [-0.4, -0.2) is 32.3 Å². The largest absolute Gasteiger partial charge is 0.469 e. The summed E-state index contributed by atoms with van der Waals surface area (Å²) >= 11 is 0. The topological polar surface area (TPSA) is 61.5 Å². The number of esters is 1. The van der Waals surface area contributed by atoms with Crippen molar-refractivity contribution in [3.8, 4) is 0 Å². The quantitative estimate of drug-likeness (QED) is 0.639. The lowest BCUT2D eigenvalue weighted by Gasteiger charge is -2.21. The molecule has 1 aliphatic heterocycles. The van der Waals surface area contributed by atoms with Gasteiger partial charge in [-0.3, -0.25) is 4.79 Å². The van der Waals surface area contributed by atoms with E-state index in [1.807, 2.05) is 6.92 Å². The molecule has 0 aromatic rings. The summed E-state index contributed by atoms with van der Waals surface area (Å²) in [7, 11) is 1.39. The number of nitrogens with two attached hydrogens (primary N) is 1. The second-order valence-electron chi connectivity index (χ2n) is 3.39. The van der Waals surface area contributed by atoms with Gasteiger partial charge in [-0.25, -0.2) is 0 Å². The standard InChI is InChI=1S/C9H17NO3/c1-6-7(3-4-13-6)8(5-10)9(11)12-2/h6-8H,3-5,10H2,1-2H3. The Kier molecular flexibility index (Phi) is 3.69. The molecular formula is C9H17NO3. The molecule has 1 rings (SSSR count). The van der Waals surface area contributed by atoms with Crippen molar-refractivity contribution in [1.82, 2.24) is 0 Å². The fourth-order valence-electron chi connectivity index (χ4n) is 1.87. The minimum atomic E-state index is -0.218. The van der Waals surface area contributed by atoms with Gasteiger partial charge in [-0.15, -0.1) is 0 Å². The van der Waals surface area contributed by atoms with Gasteiger partial charge in [0.1, 0.15) is 0 Å². The van der Waals surface area contributed by atoms with Crippen LogP contribution in [0.15, 0.2) is 0 Å². The van der Waals surface area contributed by atoms with Crippen molar-refractivity contribution in [2.75, 3.05) is 20.3 Å². The molecule has 3 atom stereocenters. The predicted molar refractivity (Wildman–Crippen MR) is 48.1 cm³/mol. The molecule has 1 heterocycles. The van der Waals surface area contributed by atoms with Gasteiger partial charge < -0.3 is 15.2 Å². The van der Waals surface area contributed by atoms with Crippen LogP contribution in [0.3, 0.4) is 0 Å². The molecule has 1 fully saturated rings. The van der Waals surface area contributed by atoms with E-state index in [0.29, 0.717) is 6.54 Å². The summed E-state index contributed by atoms with van der Waals surface area (Å²) in [5.41, 5.74) is 5.53. The van der Waals surface area contributed by atoms with Gasteiger partial charge in [0, 0.05) is 19.1 Å². The normalized spacial score (nSPS) is 30.1. The van der Waals surface area contributed by atoms with E-state index in [-0.39, 0.29) is 23.9 Å². The van der Waals surface area contributed by atoms with Crippen molar-refractivity contribution in [2.24, 2.45) is 17.6 Å². The smallest absolute Gasteiger partial charge is 0.310 e. The van der Waals surface area contributed by atoms with Crippen molar-refractivity contribution in [1.29, 1.82) is 0 Å². The molecule has 0 aromatic heterocycles. The zero-order chi connectivity index (χ0) is 9.84. The molecule has 1 aliphatic rings. The van der Waals surface area contributed by atoms with E-state index in [0.717, 1.165) is 13.0 Å². The zero-order valence-electron chi connectivity index (χ0n) is 8.16. The maximum Gasteiger partial charge on any atom is 0.310 e. The summed E-state index contributed by atoms with van der Waals surface area (Å²) in [6.45, 7) is 3.04. The van der Waals surface area contributed by atoms with Crippen LogP contribution in [0.5, 0.6) is 0 Å². The summed E-state index contributed by atoms with van der Waals surface area (Å²) in [4.78, 5) is 11.3. The van der Waals surface area contributed by atoms with E-state index < -0.39 is 0 Å². The molecule has 3 unspecified atom stereocenters. The lowest BCUT2D eigenvalue weighted by molar-refractivity contribution is -0.147. The maximum atomic E-state index is 11.3. The summed E-state index contributed by atoms with van der Waals surface area (Å²) in [6.07, 6.45) is 1.02. The van der Waals surface area contributed by atoms with Gasteiger partial charge in [0.05, 0.1) is 19.1 Å². The Labute approximate surface area is 78.4 Å². The summed E-state index contributed by atoms with van der Waals surface area (Å²) < 4.78 is 10.1. The van der Waals surface area contributed by atoms with Gasteiger partial charge in [-0.1, -0.05) is 0 Å². The number of carbonyl (C=O) groups excluding carboxylic acids is 1. The molecule has 13 heavy (non-hydrogen) atoms. The molecule has 0 saturated carbocycles. The minimum absolute atomic E-state index is 0.118. The highest BCUT2D eigenvalue weighted by molar-refractivity contribution is 5.73. The Bertz CT molecular complexity index is 184. The highest BCUT2D eigenvalue weighted by atomic mass is 16.5. The second-order valence-corrected chi connectivity index (χ2v) is 3.39. The Morgan fingerprint density at radius 3 is 2.85 bits per heavy atom. The average Bonchev–Trinajstić information content (AvgIpc) is 2.53. The summed E-state index contributed by atoms with van der Waals surface area (Å²) in [5.74, 6) is -0.204. The van der Waals surface area contributed by atoms with Crippen molar-refractivity contribution >= 4 is 5.97 Å². The van der Waals surface area contributed by atoms with E-state index in [1.54, 1.807) is 0 Å². The third kappa shape index (κ3) is 2.19. The van der Waals surface area contributed by atoms with E-state index in [2.05, 4.69) is 4.74 Å². The first-order chi connectivity index (χ1) is 6.20. The highest BCUT2D eigenvalue weighted by Gasteiger charge is 2.35. The number of hydrogen-bond acceptors (Lipinski definition) is 4. The van der Waals surface area contributed by atoms with E-state index in [1.165, 1.54) is 7.11 Å². The molecule has 0 radical (unpaired) electrons. The summed E-state index contributed by atoms with van der Waals surface area (Å²) in [5, 5.41) is 0. The zero-order valence-corrected chi connectivity index (χ0v) is 8.16. The molecular weight excluding hydrogens is 170 g/mol. The number of methoxy groups -OCH3 is 1. The monoisotopic (exact) mass is 187 g/mol. The van der Waals surface area contributed by atoms with Crippen molar-refractivity contribution in [3.05, 3.63) is 0 Å². The van der Waals surface area contributed by atoms with E-state index in [4.69, 9.17) is 10.5 Å². The van der Waals surface area contributed by atoms with Crippen LogP contribution >= 0.6 is 0 Å². The van der Waals surface area contributed by atoms with Crippen LogP contribution < -0.4 is 5.73 Å². The average molecular weight is 187 g/mol. The molecule has 4 heteroatoms. The first-order valence-corrected chi connectivity index (χ1v) is 4.60. The molecule has 4 nitrogen and oxygen atoms in total. The number of carbonyl (C=O) groups is 1. The maximum absolute atomic E-state index is 11.3. The number of ether oxygens (including phenoxy) is 2. The molecule has 1 saturated heterocycles. The van der Waals surface area contributed by atoms with E-state index >= 15 is 0 Å². The molecule has 2 N–H and O–H groups in total. The Morgan fingerprint density at radius 2 is 2.46 bits per heavy atom. The Hall–Kier alpha value is -0.610. The first-order valence-electron chi connectivity index (χ1n) is 4.60. The fraction of sp³-hybridized carbons (Fsp3) is 0.889. The van der Waals surface area contributed by atoms with Crippen molar-refractivity contribution in [3.63, 3.8) is 0 Å². The number of hydrogen-bond donors (Lipinski definition) is 1.